The van der Waals surface area contributed by atoms with Gasteiger partial charge in [-0.15, -0.1) is 0 Å². The number of nitrogens with two attached hydrogens (primary N) is 1. The number of methoxy groups -OCH3 is 1. The predicted octanol–water partition coefficient (Wildman–Crippen LogP) is 1.97. The Morgan fingerprint density at radius 2 is 2.21 bits per heavy atom. The molecule has 1 aromatic heterocycles. The summed E-state index contributed by atoms with van der Waals surface area (Å²) in [5.74, 6) is 0.334. The van der Waals surface area contributed by atoms with Crippen molar-refractivity contribution in [1.29, 1.82) is 0 Å². The standard InChI is InChI=1S/C12H11ClN4O2/c1-19-9-3-2-7(14)6-8(9)11(18)16-10-4-5-15-12(13)17-10/h2-6H,14H2,1H3,(H,15,16,17,18). The van der Waals surface area contributed by atoms with Gasteiger partial charge in [0, 0.05) is 11.9 Å². The first-order valence-electron chi connectivity index (χ1n) is 5.33. The number of rotatable bonds is 3. The topological polar surface area (TPSA) is 90.1 Å². The Hall–Kier alpha value is -2.34. The number of ether oxygens (including phenoxy) is 1. The second kappa shape index (κ2) is 5.53. The number of nitrogen functional groups attached to an aromatic ring is 1. The minimum absolute atomic E-state index is 0.0531. The van der Waals surface area contributed by atoms with E-state index in [0.717, 1.165) is 0 Å². The molecule has 0 unspecified atom stereocenters. The number of nitrogens with one attached hydrogen (secondary N) is 1. The lowest BCUT2D eigenvalue weighted by Crippen LogP contribution is -2.14. The second-order valence-corrected chi connectivity index (χ2v) is 3.96. The van der Waals surface area contributed by atoms with Crippen LogP contribution in [0.2, 0.25) is 5.28 Å². The van der Waals surface area contributed by atoms with E-state index >= 15 is 0 Å². The van der Waals surface area contributed by atoms with Crippen LogP contribution in [0.3, 0.4) is 0 Å². The quantitative estimate of drug-likeness (QED) is 0.662. The highest BCUT2D eigenvalue weighted by Gasteiger charge is 2.13. The van der Waals surface area contributed by atoms with Gasteiger partial charge in [-0.1, -0.05) is 0 Å². The lowest BCUT2D eigenvalue weighted by atomic mass is 10.1. The molecule has 0 fully saturated rings. The maximum atomic E-state index is 12.1. The summed E-state index contributed by atoms with van der Waals surface area (Å²) in [4.78, 5) is 19.7. The first-order valence-corrected chi connectivity index (χ1v) is 5.71. The Balaban J connectivity index is 2.27. The molecule has 3 N–H and O–H groups in total. The van der Waals surface area contributed by atoms with Crippen molar-refractivity contribution in [3.63, 3.8) is 0 Å². The van der Waals surface area contributed by atoms with Gasteiger partial charge in [0.15, 0.2) is 0 Å². The lowest BCUT2D eigenvalue weighted by molar-refractivity contribution is 0.102. The van der Waals surface area contributed by atoms with E-state index < -0.39 is 0 Å². The third-order valence-corrected chi connectivity index (χ3v) is 2.52. The van der Waals surface area contributed by atoms with Crippen molar-refractivity contribution in [2.75, 3.05) is 18.2 Å². The van der Waals surface area contributed by atoms with Gasteiger partial charge in [0.2, 0.25) is 5.28 Å². The zero-order valence-corrected chi connectivity index (χ0v) is 10.8. The first-order chi connectivity index (χ1) is 9.10. The Labute approximate surface area is 114 Å². The van der Waals surface area contributed by atoms with E-state index in [-0.39, 0.29) is 11.2 Å². The van der Waals surface area contributed by atoms with E-state index in [4.69, 9.17) is 22.1 Å². The third kappa shape index (κ3) is 3.11. The summed E-state index contributed by atoms with van der Waals surface area (Å²) in [5.41, 5.74) is 6.44. The molecular weight excluding hydrogens is 268 g/mol. The smallest absolute Gasteiger partial charge is 0.260 e. The summed E-state index contributed by atoms with van der Waals surface area (Å²) in [5, 5.41) is 2.64. The number of hydrogen-bond donors (Lipinski definition) is 2. The monoisotopic (exact) mass is 278 g/mol. The minimum atomic E-state index is -0.390. The summed E-state index contributed by atoms with van der Waals surface area (Å²) in [7, 11) is 1.48. The maximum absolute atomic E-state index is 12.1. The van der Waals surface area contributed by atoms with Gasteiger partial charge in [0.25, 0.3) is 5.91 Å². The molecule has 2 rings (SSSR count). The number of benzene rings is 1. The fourth-order valence-electron chi connectivity index (χ4n) is 1.49. The van der Waals surface area contributed by atoms with E-state index in [0.29, 0.717) is 22.8 Å². The summed E-state index contributed by atoms with van der Waals surface area (Å²) < 4.78 is 5.11. The molecule has 0 bridgehead atoms. The van der Waals surface area contributed by atoms with Gasteiger partial charge in [-0.2, -0.15) is 0 Å². The van der Waals surface area contributed by atoms with Crippen molar-refractivity contribution in [3.8, 4) is 5.75 Å². The van der Waals surface area contributed by atoms with Crippen molar-refractivity contribution in [3.05, 3.63) is 41.3 Å². The van der Waals surface area contributed by atoms with Crippen LogP contribution in [-0.2, 0) is 0 Å². The molecular formula is C12H11ClN4O2. The van der Waals surface area contributed by atoms with E-state index in [1.807, 2.05) is 0 Å². The summed E-state index contributed by atoms with van der Waals surface area (Å²) in [6, 6.07) is 6.33. The Kier molecular flexibility index (Phi) is 3.82. The van der Waals surface area contributed by atoms with Gasteiger partial charge in [0.1, 0.15) is 11.6 Å². The summed E-state index contributed by atoms with van der Waals surface area (Å²) >= 11 is 5.64. The van der Waals surface area contributed by atoms with Crippen LogP contribution in [0.5, 0.6) is 5.75 Å². The molecule has 1 aromatic carbocycles. The summed E-state index contributed by atoms with van der Waals surface area (Å²) in [6.45, 7) is 0. The first kappa shape index (κ1) is 13.1. The minimum Gasteiger partial charge on any atom is -0.496 e. The average molecular weight is 279 g/mol. The molecule has 19 heavy (non-hydrogen) atoms. The number of carbonyl (C=O) groups excluding carboxylic acids is 1. The van der Waals surface area contributed by atoms with Crippen LogP contribution < -0.4 is 15.8 Å². The van der Waals surface area contributed by atoms with E-state index in [1.54, 1.807) is 12.1 Å². The van der Waals surface area contributed by atoms with Crippen LogP contribution in [-0.4, -0.2) is 23.0 Å². The molecule has 0 atom stereocenters. The van der Waals surface area contributed by atoms with Crippen molar-refractivity contribution in [1.82, 2.24) is 9.97 Å². The van der Waals surface area contributed by atoms with Crippen molar-refractivity contribution < 1.29 is 9.53 Å². The Morgan fingerprint density at radius 1 is 1.42 bits per heavy atom. The van der Waals surface area contributed by atoms with Gasteiger partial charge >= 0.3 is 0 Å². The molecule has 0 aliphatic heterocycles. The molecule has 6 nitrogen and oxygen atoms in total. The largest absolute Gasteiger partial charge is 0.496 e. The number of hydrogen-bond acceptors (Lipinski definition) is 5. The number of anilines is 2. The van der Waals surface area contributed by atoms with Gasteiger partial charge in [-0.05, 0) is 35.9 Å². The zero-order valence-electron chi connectivity index (χ0n) is 10.1. The molecule has 0 aliphatic rings. The molecule has 7 heteroatoms. The third-order valence-electron chi connectivity index (χ3n) is 2.34. The molecule has 0 radical (unpaired) electrons. The molecule has 1 amide bonds. The number of aromatic nitrogens is 2. The second-order valence-electron chi connectivity index (χ2n) is 3.62. The fourth-order valence-corrected chi connectivity index (χ4v) is 1.64. The number of carbonyl (C=O) groups is 1. The summed E-state index contributed by atoms with van der Waals surface area (Å²) in [6.07, 6.45) is 1.45. The number of halogens is 1. The number of nitrogens with zero attached hydrogens (tertiary/aromatic N) is 2. The molecule has 0 aliphatic carbocycles. The lowest BCUT2D eigenvalue weighted by Gasteiger charge is -2.09. The molecule has 1 heterocycles. The highest BCUT2D eigenvalue weighted by atomic mass is 35.5. The van der Waals surface area contributed by atoms with E-state index in [2.05, 4.69) is 15.3 Å². The Bertz CT molecular complexity index is 618. The van der Waals surface area contributed by atoms with Crippen LogP contribution in [0.25, 0.3) is 0 Å². The SMILES string of the molecule is COc1ccc(N)cc1C(=O)Nc1ccnc(Cl)n1. The number of amides is 1. The molecule has 2 aromatic rings. The van der Waals surface area contributed by atoms with Crippen LogP contribution >= 0.6 is 11.6 Å². The van der Waals surface area contributed by atoms with Crippen LogP contribution in [0.1, 0.15) is 10.4 Å². The van der Waals surface area contributed by atoms with Crippen molar-refractivity contribution in [2.24, 2.45) is 0 Å². The van der Waals surface area contributed by atoms with E-state index in [9.17, 15) is 4.79 Å². The normalized spacial score (nSPS) is 10.0. The highest BCUT2D eigenvalue weighted by molar-refractivity contribution is 6.28. The molecule has 0 saturated heterocycles. The van der Waals surface area contributed by atoms with Gasteiger partial charge < -0.3 is 15.8 Å². The van der Waals surface area contributed by atoms with Crippen LogP contribution in [0.15, 0.2) is 30.5 Å². The molecule has 0 spiro atoms. The Morgan fingerprint density at radius 3 is 2.89 bits per heavy atom. The molecule has 0 saturated carbocycles. The predicted molar refractivity (Wildman–Crippen MR) is 72.4 cm³/mol. The van der Waals surface area contributed by atoms with Crippen molar-refractivity contribution >= 4 is 29.0 Å². The average Bonchev–Trinajstić information content (AvgIpc) is 2.38. The van der Waals surface area contributed by atoms with Crippen molar-refractivity contribution in [2.45, 2.75) is 0 Å². The van der Waals surface area contributed by atoms with Gasteiger partial charge in [0.05, 0.1) is 12.7 Å². The maximum Gasteiger partial charge on any atom is 0.260 e. The van der Waals surface area contributed by atoms with Gasteiger partial charge in [-0.25, -0.2) is 9.97 Å². The highest BCUT2D eigenvalue weighted by Crippen LogP contribution is 2.22. The van der Waals surface area contributed by atoms with Crippen LogP contribution in [0, 0.1) is 0 Å². The molecule has 98 valence electrons. The van der Waals surface area contributed by atoms with Crippen LogP contribution in [0.4, 0.5) is 11.5 Å². The van der Waals surface area contributed by atoms with Gasteiger partial charge in [-0.3, -0.25) is 4.79 Å². The fraction of sp³-hybridized carbons (Fsp3) is 0.0833. The zero-order chi connectivity index (χ0) is 13.8. The van der Waals surface area contributed by atoms with E-state index in [1.165, 1.54) is 25.4 Å².